The highest BCUT2D eigenvalue weighted by atomic mass is 16.5. The molecule has 1 heterocycles. The second-order valence-corrected chi connectivity index (χ2v) is 4.22. The molecule has 1 aliphatic heterocycles. The van der Waals surface area contributed by atoms with Crippen LogP contribution in [-0.4, -0.2) is 78.4 Å². The van der Waals surface area contributed by atoms with Gasteiger partial charge in [-0.05, 0) is 13.8 Å². The van der Waals surface area contributed by atoms with Crippen LogP contribution in [0, 0.1) is 0 Å². The molecule has 1 rings (SSSR count). The predicted octanol–water partition coefficient (Wildman–Crippen LogP) is -0.223. The number of ether oxygens (including phenoxy) is 2. The molecule has 0 aromatic carbocycles. The monoisotopic (exact) mass is 288 g/mol. The maximum Gasteiger partial charge on any atom is 0.328 e. The Morgan fingerprint density at radius 1 is 1.40 bits per heavy atom. The molecule has 1 aliphatic rings. The maximum atomic E-state index is 12.3. The summed E-state index contributed by atoms with van der Waals surface area (Å²) in [6.07, 6.45) is 0. The molecule has 1 N–H and O–H groups in total. The van der Waals surface area contributed by atoms with E-state index in [2.05, 4.69) is 0 Å². The number of urea groups is 1. The molecule has 0 aromatic heterocycles. The summed E-state index contributed by atoms with van der Waals surface area (Å²) in [7, 11) is 0. The van der Waals surface area contributed by atoms with Crippen LogP contribution in [0.5, 0.6) is 0 Å². The number of hydrogen-bond acceptors (Lipinski definition) is 5. The number of nitrogens with zero attached hydrogens (tertiary/aromatic N) is 2. The highest BCUT2D eigenvalue weighted by molar-refractivity contribution is 5.85. The van der Waals surface area contributed by atoms with Crippen LogP contribution >= 0.6 is 0 Å². The van der Waals surface area contributed by atoms with Crippen molar-refractivity contribution in [2.24, 2.45) is 0 Å². The summed E-state index contributed by atoms with van der Waals surface area (Å²) in [6.45, 7) is 4.17. The average molecular weight is 288 g/mol. The summed E-state index contributed by atoms with van der Waals surface area (Å²) in [4.78, 5) is 37.3. The zero-order chi connectivity index (χ0) is 15.1. The van der Waals surface area contributed by atoms with Gasteiger partial charge in [-0.2, -0.15) is 0 Å². The van der Waals surface area contributed by atoms with E-state index in [1.807, 2.05) is 0 Å². The predicted molar refractivity (Wildman–Crippen MR) is 68.2 cm³/mol. The highest BCUT2D eigenvalue weighted by Crippen LogP contribution is 2.11. The molecular weight excluding hydrogens is 268 g/mol. The molecule has 1 atom stereocenters. The standard InChI is InChI=1S/C12H20N2O6/c1-3-13(7-10(15)20-4-2)12(18)14-5-6-19-8-9(14)11(16)17/h9H,3-8H2,1-2H3,(H,16,17). The van der Waals surface area contributed by atoms with Crippen LogP contribution < -0.4 is 0 Å². The first kappa shape index (κ1) is 16.2. The van der Waals surface area contributed by atoms with Gasteiger partial charge in [0.2, 0.25) is 0 Å². The average Bonchev–Trinajstić information content (AvgIpc) is 2.44. The van der Waals surface area contributed by atoms with Crippen molar-refractivity contribution < 1.29 is 29.0 Å². The summed E-state index contributed by atoms with van der Waals surface area (Å²) in [5.41, 5.74) is 0. The zero-order valence-corrected chi connectivity index (χ0v) is 11.7. The SMILES string of the molecule is CCOC(=O)CN(CC)C(=O)N1CCOCC1C(=O)O. The number of carboxylic acids is 1. The minimum absolute atomic E-state index is 0.0436. The van der Waals surface area contributed by atoms with E-state index in [0.717, 1.165) is 0 Å². The lowest BCUT2D eigenvalue weighted by atomic mass is 10.2. The van der Waals surface area contributed by atoms with Gasteiger partial charge in [0.25, 0.3) is 0 Å². The molecule has 1 fully saturated rings. The quantitative estimate of drug-likeness (QED) is 0.702. The Balaban J connectivity index is 2.72. The van der Waals surface area contributed by atoms with Crippen molar-refractivity contribution in [1.29, 1.82) is 0 Å². The van der Waals surface area contributed by atoms with Crippen molar-refractivity contribution >= 4 is 18.0 Å². The van der Waals surface area contributed by atoms with E-state index in [-0.39, 0.29) is 32.9 Å². The van der Waals surface area contributed by atoms with Gasteiger partial charge in [-0.15, -0.1) is 0 Å². The molecule has 0 spiro atoms. The number of likely N-dealkylation sites (N-methyl/N-ethyl adjacent to an activating group) is 1. The zero-order valence-electron chi connectivity index (χ0n) is 11.7. The van der Waals surface area contributed by atoms with Crippen LogP contribution in [0.3, 0.4) is 0 Å². The van der Waals surface area contributed by atoms with Crippen molar-refractivity contribution in [2.75, 3.05) is 39.5 Å². The minimum atomic E-state index is -1.12. The third-order valence-electron chi connectivity index (χ3n) is 2.94. The van der Waals surface area contributed by atoms with Crippen LogP contribution in [0.15, 0.2) is 0 Å². The molecule has 114 valence electrons. The number of rotatable bonds is 5. The lowest BCUT2D eigenvalue weighted by molar-refractivity contribution is -0.147. The third-order valence-corrected chi connectivity index (χ3v) is 2.94. The Labute approximate surface area is 117 Å². The minimum Gasteiger partial charge on any atom is -0.480 e. The van der Waals surface area contributed by atoms with E-state index in [9.17, 15) is 14.4 Å². The number of esters is 1. The third kappa shape index (κ3) is 4.09. The molecule has 1 unspecified atom stereocenters. The molecule has 0 aromatic rings. The second kappa shape index (κ2) is 7.68. The Morgan fingerprint density at radius 3 is 2.65 bits per heavy atom. The molecule has 20 heavy (non-hydrogen) atoms. The summed E-state index contributed by atoms with van der Waals surface area (Å²) in [5.74, 6) is -1.63. The van der Waals surface area contributed by atoms with Crippen LogP contribution in [0.1, 0.15) is 13.8 Å². The number of carbonyl (C=O) groups excluding carboxylic acids is 2. The highest BCUT2D eigenvalue weighted by Gasteiger charge is 2.35. The van der Waals surface area contributed by atoms with E-state index in [1.165, 1.54) is 9.80 Å². The fourth-order valence-corrected chi connectivity index (χ4v) is 1.90. The smallest absolute Gasteiger partial charge is 0.328 e. The maximum absolute atomic E-state index is 12.3. The van der Waals surface area contributed by atoms with Crippen LogP contribution in [0.25, 0.3) is 0 Å². The summed E-state index contributed by atoms with van der Waals surface area (Å²) in [6, 6.07) is -1.51. The molecule has 0 saturated carbocycles. The second-order valence-electron chi connectivity index (χ2n) is 4.22. The van der Waals surface area contributed by atoms with Crippen molar-refractivity contribution in [3.05, 3.63) is 0 Å². The Hall–Kier alpha value is -1.83. The van der Waals surface area contributed by atoms with Gasteiger partial charge in [-0.1, -0.05) is 0 Å². The summed E-state index contributed by atoms with van der Waals surface area (Å²) in [5, 5.41) is 9.09. The van der Waals surface area contributed by atoms with E-state index >= 15 is 0 Å². The number of aliphatic carboxylic acids is 1. The van der Waals surface area contributed by atoms with Gasteiger partial charge in [-0.25, -0.2) is 9.59 Å². The molecule has 1 saturated heterocycles. The lowest BCUT2D eigenvalue weighted by Gasteiger charge is -2.36. The molecule has 2 amide bonds. The number of morpholine rings is 1. The van der Waals surface area contributed by atoms with Crippen molar-refractivity contribution in [1.82, 2.24) is 9.80 Å². The summed E-state index contributed by atoms with van der Waals surface area (Å²) >= 11 is 0. The fourth-order valence-electron chi connectivity index (χ4n) is 1.90. The van der Waals surface area contributed by atoms with Crippen LogP contribution in [-0.2, 0) is 19.1 Å². The fraction of sp³-hybridized carbons (Fsp3) is 0.750. The van der Waals surface area contributed by atoms with Crippen molar-refractivity contribution in [2.45, 2.75) is 19.9 Å². The first-order chi connectivity index (χ1) is 9.51. The molecule has 8 nitrogen and oxygen atoms in total. The number of amides is 2. The largest absolute Gasteiger partial charge is 0.480 e. The van der Waals surface area contributed by atoms with Gasteiger partial charge >= 0.3 is 18.0 Å². The number of hydrogen-bond donors (Lipinski definition) is 1. The molecular formula is C12H20N2O6. The molecule has 8 heteroatoms. The Bertz CT molecular complexity index is 373. The van der Waals surface area contributed by atoms with Gasteiger partial charge in [0, 0.05) is 13.1 Å². The topological polar surface area (TPSA) is 96.4 Å². The van der Waals surface area contributed by atoms with Gasteiger partial charge in [0.05, 0.1) is 19.8 Å². The normalized spacial score (nSPS) is 18.5. The van der Waals surface area contributed by atoms with Crippen LogP contribution in [0.4, 0.5) is 4.79 Å². The number of carbonyl (C=O) groups is 3. The van der Waals surface area contributed by atoms with Gasteiger partial charge in [-0.3, -0.25) is 4.79 Å². The molecule has 0 radical (unpaired) electrons. The Morgan fingerprint density at radius 2 is 2.10 bits per heavy atom. The van der Waals surface area contributed by atoms with E-state index < -0.39 is 24.0 Å². The van der Waals surface area contributed by atoms with E-state index in [4.69, 9.17) is 14.6 Å². The number of carboxylic acid groups (broad SMARTS) is 1. The first-order valence-electron chi connectivity index (χ1n) is 6.52. The van der Waals surface area contributed by atoms with Crippen molar-refractivity contribution in [3.8, 4) is 0 Å². The molecule has 0 aliphatic carbocycles. The van der Waals surface area contributed by atoms with E-state index in [0.29, 0.717) is 6.54 Å². The first-order valence-corrected chi connectivity index (χ1v) is 6.52. The van der Waals surface area contributed by atoms with Gasteiger partial charge in [0.1, 0.15) is 6.54 Å². The summed E-state index contributed by atoms with van der Waals surface area (Å²) < 4.78 is 9.87. The lowest BCUT2D eigenvalue weighted by Crippen LogP contribution is -2.57. The molecule has 0 bridgehead atoms. The van der Waals surface area contributed by atoms with Crippen LogP contribution in [0.2, 0.25) is 0 Å². The van der Waals surface area contributed by atoms with Gasteiger partial charge in [0.15, 0.2) is 6.04 Å². The van der Waals surface area contributed by atoms with E-state index in [1.54, 1.807) is 13.8 Å². The Kier molecular flexibility index (Phi) is 6.23. The van der Waals surface area contributed by atoms with Crippen molar-refractivity contribution in [3.63, 3.8) is 0 Å². The van der Waals surface area contributed by atoms with Gasteiger partial charge < -0.3 is 24.4 Å².